The Bertz CT molecular complexity index is 994. The van der Waals surface area contributed by atoms with E-state index in [1.807, 2.05) is 48.5 Å². The Morgan fingerprint density at radius 3 is 2.28 bits per heavy atom. The molecule has 1 unspecified atom stereocenters. The van der Waals surface area contributed by atoms with Crippen molar-refractivity contribution in [3.63, 3.8) is 0 Å². The van der Waals surface area contributed by atoms with Crippen LogP contribution in [0.5, 0.6) is 0 Å². The van der Waals surface area contributed by atoms with Crippen LogP contribution < -0.4 is 5.73 Å². The molecule has 0 fully saturated rings. The second-order valence-electron chi connectivity index (χ2n) is 9.12. The molecule has 0 spiro atoms. The van der Waals surface area contributed by atoms with Gasteiger partial charge >= 0.3 is 0 Å². The number of hydrogen-bond donors (Lipinski definition) is 2. The van der Waals surface area contributed by atoms with Crippen molar-refractivity contribution in [1.29, 1.82) is 0 Å². The number of carbonyl (C=O) groups is 1. The maximum atomic E-state index is 12.8. The van der Waals surface area contributed by atoms with Crippen LogP contribution in [0.15, 0.2) is 66.9 Å². The van der Waals surface area contributed by atoms with E-state index in [-0.39, 0.29) is 17.4 Å². The summed E-state index contributed by atoms with van der Waals surface area (Å²) in [6.45, 7) is 7.34. The quantitative estimate of drug-likeness (QED) is 0.536. The SMILES string of the molecule is CC(C)(C)C(c1nc(-c2ccccc2)cn1Cc1ccccc1)N(CCCN)C(=O)CO. The zero-order chi connectivity index (χ0) is 23.1. The van der Waals surface area contributed by atoms with Gasteiger partial charge in [0, 0.05) is 24.8 Å². The highest BCUT2D eigenvalue weighted by Gasteiger charge is 2.37. The largest absolute Gasteiger partial charge is 0.387 e. The van der Waals surface area contributed by atoms with Crippen LogP contribution in [0.4, 0.5) is 0 Å². The van der Waals surface area contributed by atoms with E-state index in [1.165, 1.54) is 0 Å². The van der Waals surface area contributed by atoms with Crippen molar-refractivity contribution in [1.82, 2.24) is 14.5 Å². The number of aromatic nitrogens is 2. The standard InChI is InChI=1S/C26H34N4O2/c1-26(2,3)24(30(16-10-15-27)23(32)19-31)25-28-22(21-13-8-5-9-14-21)18-29(25)17-20-11-6-4-7-12-20/h4-9,11-14,18,24,31H,10,15-17,19,27H2,1-3H3. The number of aliphatic hydroxyl groups excluding tert-OH is 1. The maximum absolute atomic E-state index is 12.8. The van der Waals surface area contributed by atoms with E-state index >= 15 is 0 Å². The summed E-state index contributed by atoms with van der Waals surface area (Å²) in [5.41, 5.74) is 8.48. The molecule has 0 aliphatic rings. The number of imidazole rings is 1. The first-order chi connectivity index (χ1) is 15.3. The fraction of sp³-hybridized carbons (Fsp3) is 0.385. The smallest absolute Gasteiger partial charge is 0.248 e. The van der Waals surface area contributed by atoms with Gasteiger partial charge in [-0.3, -0.25) is 4.79 Å². The number of nitrogens with zero attached hydrogens (tertiary/aromatic N) is 3. The second-order valence-corrected chi connectivity index (χ2v) is 9.12. The van der Waals surface area contributed by atoms with Crippen molar-refractivity contribution in [2.24, 2.45) is 11.1 Å². The molecule has 6 heteroatoms. The van der Waals surface area contributed by atoms with E-state index < -0.39 is 6.61 Å². The molecule has 3 aromatic rings. The predicted molar refractivity (Wildman–Crippen MR) is 128 cm³/mol. The van der Waals surface area contributed by atoms with Crippen molar-refractivity contribution in [3.05, 3.63) is 78.2 Å². The van der Waals surface area contributed by atoms with Crippen LogP contribution in [-0.2, 0) is 11.3 Å². The van der Waals surface area contributed by atoms with Gasteiger partial charge in [0.25, 0.3) is 0 Å². The molecule has 0 saturated heterocycles. The number of hydrogen-bond acceptors (Lipinski definition) is 4. The molecular formula is C26H34N4O2. The molecule has 170 valence electrons. The third-order valence-corrected chi connectivity index (χ3v) is 5.51. The zero-order valence-electron chi connectivity index (χ0n) is 19.2. The maximum Gasteiger partial charge on any atom is 0.248 e. The third kappa shape index (κ3) is 5.64. The summed E-state index contributed by atoms with van der Waals surface area (Å²) in [6, 6.07) is 19.9. The van der Waals surface area contributed by atoms with Gasteiger partial charge in [-0.2, -0.15) is 0 Å². The van der Waals surface area contributed by atoms with E-state index in [0.717, 1.165) is 22.6 Å². The molecule has 0 radical (unpaired) electrons. The summed E-state index contributed by atoms with van der Waals surface area (Å²) in [5.74, 6) is 0.493. The summed E-state index contributed by atoms with van der Waals surface area (Å²) in [7, 11) is 0. The lowest BCUT2D eigenvalue weighted by atomic mass is 9.84. The summed E-state index contributed by atoms with van der Waals surface area (Å²) in [5, 5.41) is 9.70. The molecule has 0 aliphatic carbocycles. The van der Waals surface area contributed by atoms with Gasteiger partial charge in [0.05, 0.1) is 11.7 Å². The first-order valence-electron chi connectivity index (χ1n) is 11.1. The average molecular weight is 435 g/mol. The zero-order valence-corrected chi connectivity index (χ0v) is 19.2. The Hall–Kier alpha value is -2.96. The number of rotatable bonds is 9. The monoisotopic (exact) mass is 434 g/mol. The predicted octanol–water partition coefficient (Wildman–Crippen LogP) is 3.86. The Balaban J connectivity index is 2.14. The van der Waals surface area contributed by atoms with E-state index in [9.17, 15) is 9.90 Å². The molecular weight excluding hydrogens is 400 g/mol. The topological polar surface area (TPSA) is 84.4 Å². The Labute approximate surface area is 190 Å². The molecule has 1 amide bonds. The first kappa shape index (κ1) is 23.7. The van der Waals surface area contributed by atoms with E-state index in [1.54, 1.807) is 4.90 Å². The van der Waals surface area contributed by atoms with Crippen LogP contribution >= 0.6 is 0 Å². The first-order valence-corrected chi connectivity index (χ1v) is 11.1. The lowest BCUT2D eigenvalue weighted by molar-refractivity contribution is -0.139. The summed E-state index contributed by atoms with van der Waals surface area (Å²) in [6.07, 6.45) is 2.71. The fourth-order valence-electron chi connectivity index (χ4n) is 4.05. The molecule has 1 aromatic heterocycles. The third-order valence-electron chi connectivity index (χ3n) is 5.51. The van der Waals surface area contributed by atoms with E-state index in [4.69, 9.17) is 10.7 Å². The van der Waals surface area contributed by atoms with Crippen molar-refractivity contribution in [2.45, 2.75) is 39.8 Å². The fourth-order valence-corrected chi connectivity index (χ4v) is 4.05. The minimum atomic E-state index is -0.540. The molecule has 1 heterocycles. The average Bonchev–Trinajstić information content (AvgIpc) is 3.19. The van der Waals surface area contributed by atoms with E-state index in [0.29, 0.717) is 26.1 Å². The highest BCUT2D eigenvalue weighted by atomic mass is 16.3. The highest BCUT2D eigenvalue weighted by Crippen LogP contribution is 2.39. The lowest BCUT2D eigenvalue weighted by Gasteiger charge is -2.39. The molecule has 3 rings (SSSR count). The summed E-state index contributed by atoms with van der Waals surface area (Å²) in [4.78, 5) is 19.6. The van der Waals surface area contributed by atoms with Crippen LogP contribution in [-0.4, -0.2) is 45.2 Å². The Morgan fingerprint density at radius 1 is 1.09 bits per heavy atom. The van der Waals surface area contributed by atoms with Gasteiger partial charge in [-0.05, 0) is 23.9 Å². The number of aliphatic hydroxyl groups is 1. The number of benzene rings is 2. The Morgan fingerprint density at radius 2 is 1.72 bits per heavy atom. The minimum absolute atomic E-state index is 0.311. The minimum Gasteiger partial charge on any atom is -0.387 e. The number of amides is 1. The molecule has 0 bridgehead atoms. The number of nitrogens with two attached hydrogens (primary N) is 1. The summed E-state index contributed by atoms with van der Waals surface area (Å²) < 4.78 is 2.13. The van der Waals surface area contributed by atoms with Crippen molar-refractivity contribution in [2.75, 3.05) is 19.7 Å². The molecule has 2 aromatic carbocycles. The highest BCUT2D eigenvalue weighted by molar-refractivity contribution is 5.77. The van der Waals surface area contributed by atoms with Crippen LogP contribution in [0.25, 0.3) is 11.3 Å². The van der Waals surface area contributed by atoms with Gasteiger partial charge in [-0.1, -0.05) is 81.4 Å². The van der Waals surface area contributed by atoms with Crippen molar-refractivity contribution in [3.8, 4) is 11.3 Å². The Kier molecular flexibility index (Phi) is 7.83. The molecule has 3 N–H and O–H groups in total. The van der Waals surface area contributed by atoms with Crippen LogP contribution in [0, 0.1) is 5.41 Å². The van der Waals surface area contributed by atoms with Gasteiger partial charge in [0.15, 0.2) is 0 Å². The molecule has 6 nitrogen and oxygen atoms in total. The van der Waals surface area contributed by atoms with E-state index in [2.05, 4.69) is 43.7 Å². The number of carbonyl (C=O) groups excluding carboxylic acids is 1. The van der Waals surface area contributed by atoms with Crippen LogP contribution in [0.1, 0.15) is 44.6 Å². The van der Waals surface area contributed by atoms with Crippen LogP contribution in [0.2, 0.25) is 0 Å². The van der Waals surface area contributed by atoms with Gasteiger partial charge < -0.3 is 20.3 Å². The van der Waals surface area contributed by atoms with Gasteiger partial charge in [-0.15, -0.1) is 0 Å². The molecule has 1 atom stereocenters. The summed E-state index contributed by atoms with van der Waals surface area (Å²) >= 11 is 0. The lowest BCUT2D eigenvalue weighted by Crippen LogP contribution is -2.44. The van der Waals surface area contributed by atoms with Crippen LogP contribution in [0.3, 0.4) is 0 Å². The van der Waals surface area contributed by atoms with Gasteiger partial charge in [0.1, 0.15) is 12.4 Å². The van der Waals surface area contributed by atoms with Gasteiger partial charge in [-0.25, -0.2) is 4.98 Å². The second kappa shape index (κ2) is 10.6. The molecule has 0 saturated carbocycles. The molecule has 32 heavy (non-hydrogen) atoms. The molecule has 0 aliphatic heterocycles. The van der Waals surface area contributed by atoms with Gasteiger partial charge in [0.2, 0.25) is 5.91 Å². The normalized spacial score (nSPS) is 12.5. The van der Waals surface area contributed by atoms with Crippen molar-refractivity contribution < 1.29 is 9.90 Å². The van der Waals surface area contributed by atoms with Crippen molar-refractivity contribution >= 4 is 5.91 Å².